The van der Waals surface area contributed by atoms with Gasteiger partial charge in [0.05, 0.1) is 11.1 Å². The minimum Gasteiger partial charge on any atom is -0.258 e. The van der Waals surface area contributed by atoms with Crippen molar-refractivity contribution in [3.05, 3.63) is 45.8 Å². The zero-order valence-electron chi connectivity index (χ0n) is 11.0. The van der Waals surface area contributed by atoms with Crippen LogP contribution in [0.2, 0.25) is 0 Å². The normalized spacial score (nSPS) is 12.0. The highest BCUT2D eigenvalue weighted by Crippen LogP contribution is 2.29. The molecule has 0 aliphatic rings. The number of alkyl halides is 3. The summed E-state index contributed by atoms with van der Waals surface area (Å²) in [6, 6.07) is 5.35. The van der Waals surface area contributed by atoms with Gasteiger partial charge in [0, 0.05) is 17.7 Å². The van der Waals surface area contributed by atoms with Crippen molar-refractivity contribution in [1.82, 2.24) is 14.9 Å². The molecular weight excluding hydrogens is 323 g/mol. The Kier molecular flexibility index (Phi) is 4.45. The highest BCUT2D eigenvalue weighted by molar-refractivity contribution is 7.98. The number of rotatable bonds is 4. The fourth-order valence-corrected chi connectivity index (χ4v) is 1.95. The number of benzene rings is 1. The van der Waals surface area contributed by atoms with E-state index in [4.69, 9.17) is 0 Å². The summed E-state index contributed by atoms with van der Waals surface area (Å²) < 4.78 is 38.9. The smallest absolute Gasteiger partial charge is 0.258 e. The number of thioether (sulfide) groups is 1. The van der Waals surface area contributed by atoms with E-state index in [9.17, 15) is 23.3 Å². The first-order valence-corrected chi connectivity index (χ1v) is 6.91. The van der Waals surface area contributed by atoms with Crippen LogP contribution >= 0.6 is 11.8 Å². The standard InChI is InChI=1S/C11H8F3N5O2S/c1-22-10-17-16-9(11(12,13)14)18(10)15-6-7-3-2-4-8(5-7)19(20)21/h2-6H,1H3/b15-6+. The van der Waals surface area contributed by atoms with Crippen molar-refractivity contribution in [2.24, 2.45) is 5.10 Å². The van der Waals surface area contributed by atoms with Crippen molar-refractivity contribution in [1.29, 1.82) is 0 Å². The number of non-ortho nitro benzene ring substituents is 1. The summed E-state index contributed by atoms with van der Waals surface area (Å²) in [6.45, 7) is 0. The number of halogens is 3. The molecule has 0 radical (unpaired) electrons. The molecule has 0 aliphatic heterocycles. The van der Waals surface area contributed by atoms with Gasteiger partial charge in [-0.25, -0.2) is 0 Å². The zero-order chi connectivity index (χ0) is 16.3. The van der Waals surface area contributed by atoms with Crippen LogP contribution in [0, 0.1) is 10.1 Å². The van der Waals surface area contributed by atoms with E-state index < -0.39 is 16.9 Å². The molecule has 11 heteroatoms. The molecule has 0 bridgehead atoms. The van der Waals surface area contributed by atoms with Gasteiger partial charge in [-0.05, 0) is 6.26 Å². The molecule has 0 unspecified atom stereocenters. The van der Waals surface area contributed by atoms with Crippen LogP contribution in [0.25, 0.3) is 0 Å². The Bertz CT molecular complexity index is 729. The minimum atomic E-state index is -4.71. The lowest BCUT2D eigenvalue weighted by molar-refractivity contribution is -0.384. The Hall–Kier alpha value is -2.43. The topological polar surface area (TPSA) is 86.2 Å². The quantitative estimate of drug-likeness (QED) is 0.372. The molecule has 0 fully saturated rings. The van der Waals surface area contributed by atoms with E-state index in [0.717, 1.165) is 18.0 Å². The highest BCUT2D eigenvalue weighted by atomic mass is 32.2. The van der Waals surface area contributed by atoms with Crippen molar-refractivity contribution in [2.75, 3.05) is 6.26 Å². The van der Waals surface area contributed by atoms with Crippen LogP contribution in [0.3, 0.4) is 0 Å². The van der Waals surface area contributed by atoms with Gasteiger partial charge < -0.3 is 0 Å². The molecule has 1 heterocycles. The molecule has 0 aliphatic carbocycles. The average molecular weight is 331 g/mol. The number of nitrogens with zero attached hydrogens (tertiary/aromatic N) is 5. The van der Waals surface area contributed by atoms with E-state index >= 15 is 0 Å². The third kappa shape index (κ3) is 3.42. The van der Waals surface area contributed by atoms with Crippen molar-refractivity contribution < 1.29 is 18.1 Å². The fraction of sp³-hybridized carbons (Fsp3) is 0.182. The van der Waals surface area contributed by atoms with E-state index in [2.05, 4.69) is 15.3 Å². The Balaban J connectivity index is 2.40. The van der Waals surface area contributed by atoms with Crippen molar-refractivity contribution >= 4 is 23.7 Å². The monoisotopic (exact) mass is 331 g/mol. The van der Waals surface area contributed by atoms with Gasteiger partial charge in [0.1, 0.15) is 0 Å². The van der Waals surface area contributed by atoms with Gasteiger partial charge in [-0.2, -0.15) is 22.9 Å². The lowest BCUT2D eigenvalue weighted by atomic mass is 10.2. The summed E-state index contributed by atoms with van der Waals surface area (Å²) in [6.07, 6.45) is -2.10. The van der Waals surface area contributed by atoms with Crippen LogP contribution in [0.15, 0.2) is 34.5 Å². The molecule has 1 aromatic heterocycles. The molecule has 0 N–H and O–H groups in total. The predicted octanol–water partition coefficient (Wildman–Crippen LogP) is 2.81. The van der Waals surface area contributed by atoms with Crippen LogP contribution in [0.5, 0.6) is 0 Å². The lowest BCUT2D eigenvalue weighted by Crippen LogP contribution is -2.13. The summed E-state index contributed by atoms with van der Waals surface area (Å²) >= 11 is 0.943. The fourth-order valence-electron chi connectivity index (χ4n) is 1.52. The molecular formula is C11H8F3N5O2S. The molecule has 0 saturated heterocycles. The molecule has 0 amide bonds. The number of nitro benzene ring substituents is 1. The van der Waals surface area contributed by atoms with Crippen molar-refractivity contribution in [3.63, 3.8) is 0 Å². The van der Waals surface area contributed by atoms with Crippen molar-refractivity contribution in [3.8, 4) is 0 Å². The summed E-state index contributed by atoms with van der Waals surface area (Å²) in [4.78, 5) is 10.0. The first kappa shape index (κ1) is 15.9. The summed E-state index contributed by atoms with van der Waals surface area (Å²) in [7, 11) is 0. The SMILES string of the molecule is CSc1nnc(C(F)(F)F)n1/N=C/c1cccc([N+](=O)[O-])c1. The van der Waals surface area contributed by atoms with Gasteiger partial charge in [-0.15, -0.1) is 10.2 Å². The van der Waals surface area contributed by atoms with Gasteiger partial charge in [0.15, 0.2) is 0 Å². The average Bonchev–Trinajstić information content (AvgIpc) is 2.88. The van der Waals surface area contributed by atoms with Crippen LogP contribution < -0.4 is 0 Å². The highest BCUT2D eigenvalue weighted by Gasteiger charge is 2.38. The maximum atomic E-state index is 12.8. The van der Waals surface area contributed by atoms with Crippen LogP contribution in [-0.4, -0.2) is 32.3 Å². The van der Waals surface area contributed by atoms with E-state index in [0.29, 0.717) is 4.68 Å². The Morgan fingerprint density at radius 3 is 2.73 bits per heavy atom. The summed E-state index contributed by atoms with van der Waals surface area (Å²) in [5.74, 6) is -1.27. The van der Waals surface area contributed by atoms with Gasteiger partial charge in [0.25, 0.3) is 11.5 Å². The third-order valence-corrected chi connectivity index (χ3v) is 3.07. The molecule has 22 heavy (non-hydrogen) atoms. The van der Waals surface area contributed by atoms with Crippen LogP contribution in [-0.2, 0) is 6.18 Å². The van der Waals surface area contributed by atoms with Crippen LogP contribution in [0.1, 0.15) is 11.4 Å². The zero-order valence-corrected chi connectivity index (χ0v) is 11.8. The molecule has 0 saturated carbocycles. The second-order valence-electron chi connectivity index (χ2n) is 3.92. The molecule has 0 spiro atoms. The number of hydrogen-bond donors (Lipinski definition) is 0. The van der Waals surface area contributed by atoms with Gasteiger partial charge >= 0.3 is 6.18 Å². The van der Waals surface area contributed by atoms with Gasteiger partial charge in [-0.1, -0.05) is 23.9 Å². The number of aromatic nitrogens is 3. The molecule has 2 aromatic rings. The predicted molar refractivity (Wildman–Crippen MR) is 72.9 cm³/mol. The Morgan fingerprint density at radius 2 is 2.14 bits per heavy atom. The van der Waals surface area contributed by atoms with Crippen molar-refractivity contribution in [2.45, 2.75) is 11.3 Å². The molecule has 1 aromatic carbocycles. The molecule has 7 nitrogen and oxygen atoms in total. The van der Waals surface area contributed by atoms with Gasteiger partial charge in [-0.3, -0.25) is 10.1 Å². The lowest BCUT2D eigenvalue weighted by Gasteiger charge is -2.05. The number of hydrogen-bond acceptors (Lipinski definition) is 6. The van der Waals surface area contributed by atoms with E-state index in [1.54, 1.807) is 0 Å². The first-order chi connectivity index (χ1) is 10.3. The summed E-state index contributed by atoms with van der Waals surface area (Å²) in [5, 5.41) is 20.7. The number of nitro groups is 1. The molecule has 2 rings (SSSR count). The Labute approximate surface area is 126 Å². The maximum absolute atomic E-state index is 12.8. The second-order valence-corrected chi connectivity index (χ2v) is 4.69. The van der Waals surface area contributed by atoms with Crippen LogP contribution in [0.4, 0.5) is 18.9 Å². The first-order valence-electron chi connectivity index (χ1n) is 5.68. The third-order valence-electron chi connectivity index (χ3n) is 2.45. The largest absolute Gasteiger partial charge is 0.453 e. The Morgan fingerprint density at radius 1 is 1.41 bits per heavy atom. The molecule has 0 atom stereocenters. The minimum absolute atomic E-state index is 0.0472. The van der Waals surface area contributed by atoms with E-state index in [-0.39, 0.29) is 16.4 Å². The van der Waals surface area contributed by atoms with E-state index in [1.807, 2.05) is 0 Å². The molecule has 116 valence electrons. The van der Waals surface area contributed by atoms with Gasteiger partial charge in [0.2, 0.25) is 5.16 Å². The maximum Gasteiger partial charge on any atom is 0.453 e. The van der Waals surface area contributed by atoms with E-state index in [1.165, 1.54) is 30.5 Å². The second kappa shape index (κ2) is 6.13. The summed E-state index contributed by atoms with van der Waals surface area (Å²) in [5.41, 5.74) is 0.0944.